The van der Waals surface area contributed by atoms with Gasteiger partial charge in [-0.25, -0.2) is 0 Å². The van der Waals surface area contributed by atoms with Crippen LogP contribution in [0.15, 0.2) is 38.6 Å². The van der Waals surface area contributed by atoms with Gasteiger partial charge in [-0.15, -0.1) is 11.3 Å². The molecule has 0 atom stereocenters. The summed E-state index contributed by atoms with van der Waals surface area (Å²) in [6.07, 6.45) is 0. The minimum Gasteiger partial charge on any atom is -0.482 e. The van der Waals surface area contributed by atoms with E-state index in [0.717, 1.165) is 8.26 Å². The lowest BCUT2D eigenvalue weighted by molar-refractivity contribution is -0.125. The van der Waals surface area contributed by atoms with Gasteiger partial charge in [0.1, 0.15) is 12.3 Å². The van der Waals surface area contributed by atoms with Crippen LogP contribution in [0.2, 0.25) is 0 Å². The molecular formula is C15H11Br2N3O4S. The highest BCUT2D eigenvalue weighted by Gasteiger charge is 2.27. The minimum absolute atomic E-state index is 0.147. The second kappa shape index (κ2) is 7.54. The van der Waals surface area contributed by atoms with Crippen molar-refractivity contribution >= 4 is 66.6 Å². The number of fused-ring (bicyclic) bond motifs is 1. The van der Waals surface area contributed by atoms with Crippen molar-refractivity contribution in [1.82, 2.24) is 10.9 Å². The lowest BCUT2D eigenvalue weighted by Crippen LogP contribution is -2.49. The highest BCUT2D eigenvalue weighted by molar-refractivity contribution is 9.11. The Labute approximate surface area is 163 Å². The van der Waals surface area contributed by atoms with Crippen LogP contribution in [-0.2, 0) is 9.59 Å². The summed E-state index contributed by atoms with van der Waals surface area (Å²) in [5.74, 6) is -0.775. The van der Waals surface area contributed by atoms with E-state index in [1.807, 2.05) is 0 Å². The van der Waals surface area contributed by atoms with Gasteiger partial charge in [0.25, 0.3) is 17.7 Å². The minimum atomic E-state index is -0.520. The maximum absolute atomic E-state index is 12.1. The van der Waals surface area contributed by atoms with Crippen molar-refractivity contribution in [2.75, 3.05) is 18.1 Å². The van der Waals surface area contributed by atoms with Crippen LogP contribution in [0.1, 0.15) is 9.67 Å². The van der Waals surface area contributed by atoms with Crippen LogP contribution in [0.25, 0.3) is 0 Å². The summed E-state index contributed by atoms with van der Waals surface area (Å²) in [7, 11) is 0. The number of carbonyl (C=O) groups excluding carboxylic acids is 3. The number of nitrogens with zero attached hydrogens (tertiary/aromatic N) is 1. The molecule has 3 amide bonds. The fraction of sp³-hybridized carbons (Fsp3) is 0.133. The van der Waals surface area contributed by atoms with E-state index in [9.17, 15) is 14.4 Å². The number of hydrogen-bond acceptors (Lipinski definition) is 5. The maximum atomic E-state index is 12.1. The first kappa shape index (κ1) is 17.9. The standard InChI is InChI=1S/C15H11Br2N3O4S/c16-8-1-2-9-10(5-8)24-7-14(22)20(9)6-13(21)18-19-15(23)11-3-4-12(17)25-11/h1-5H,6-7H2,(H,18,21)(H,19,23). The first-order valence-electron chi connectivity index (χ1n) is 7.01. The van der Waals surface area contributed by atoms with Gasteiger partial charge >= 0.3 is 0 Å². The number of benzene rings is 1. The molecule has 1 aromatic carbocycles. The van der Waals surface area contributed by atoms with Crippen LogP contribution in [-0.4, -0.2) is 30.9 Å². The van der Waals surface area contributed by atoms with Gasteiger partial charge in [0.2, 0.25) is 0 Å². The van der Waals surface area contributed by atoms with E-state index in [2.05, 4.69) is 42.7 Å². The zero-order valence-corrected chi connectivity index (χ0v) is 16.5. The molecule has 0 fully saturated rings. The molecule has 0 radical (unpaired) electrons. The lowest BCUT2D eigenvalue weighted by atomic mass is 10.2. The zero-order chi connectivity index (χ0) is 18.0. The molecule has 0 saturated heterocycles. The Bertz CT molecular complexity index is 855. The third-order valence-corrected chi connectivity index (χ3v) is 5.39. The highest BCUT2D eigenvalue weighted by Crippen LogP contribution is 2.34. The second-order valence-electron chi connectivity index (χ2n) is 4.99. The Kier molecular flexibility index (Phi) is 5.40. The Morgan fingerprint density at radius 1 is 1.20 bits per heavy atom. The van der Waals surface area contributed by atoms with Crippen LogP contribution in [0.3, 0.4) is 0 Å². The number of ether oxygens (including phenoxy) is 1. The molecule has 3 rings (SSSR count). The quantitative estimate of drug-likeness (QED) is 0.649. The lowest BCUT2D eigenvalue weighted by Gasteiger charge is -2.28. The van der Waals surface area contributed by atoms with Crippen molar-refractivity contribution < 1.29 is 19.1 Å². The van der Waals surface area contributed by atoms with E-state index in [1.54, 1.807) is 30.3 Å². The molecule has 2 aromatic rings. The van der Waals surface area contributed by atoms with Gasteiger partial charge in [-0.2, -0.15) is 0 Å². The van der Waals surface area contributed by atoms with Crippen molar-refractivity contribution in [2.24, 2.45) is 0 Å². The molecule has 25 heavy (non-hydrogen) atoms. The second-order valence-corrected chi connectivity index (χ2v) is 8.37. The van der Waals surface area contributed by atoms with Gasteiger partial charge < -0.3 is 4.74 Å². The van der Waals surface area contributed by atoms with Crippen LogP contribution in [0.5, 0.6) is 5.75 Å². The summed E-state index contributed by atoms with van der Waals surface area (Å²) in [6, 6.07) is 8.54. The molecule has 2 N–H and O–H groups in total. The highest BCUT2D eigenvalue weighted by atomic mass is 79.9. The molecule has 10 heteroatoms. The number of thiophene rings is 1. The fourth-order valence-corrected chi connectivity index (χ4v) is 3.78. The number of halogens is 2. The molecule has 1 aromatic heterocycles. The van der Waals surface area contributed by atoms with E-state index in [1.165, 1.54) is 16.2 Å². The maximum Gasteiger partial charge on any atom is 0.279 e. The number of carbonyl (C=O) groups is 3. The van der Waals surface area contributed by atoms with Crippen LogP contribution in [0, 0.1) is 0 Å². The van der Waals surface area contributed by atoms with Crippen molar-refractivity contribution in [3.63, 3.8) is 0 Å². The fourth-order valence-electron chi connectivity index (χ4n) is 2.16. The molecular weight excluding hydrogens is 478 g/mol. The number of hydrazine groups is 1. The Morgan fingerprint density at radius 3 is 2.72 bits per heavy atom. The van der Waals surface area contributed by atoms with Crippen LogP contribution < -0.4 is 20.5 Å². The van der Waals surface area contributed by atoms with Gasteiger partial charge in [-0.1, -0.05) is 15.9 Å². The average molecular weight is 489 g/mol. The summed E-state index contributed by atoms with van der Waals surface area (Å²) in [5, 5.41) is 0. The smallest absolute Gasteiger partial charge is 0.279 e. The molecule has 1 aliphatic rings. The summed E-state index contributed by atoms with van der Waals surface area (Å²) >= 11 is 7.84. The number of rotatable bonds is 3. The van der Waals surface area contributed by atoms with E-state index < -0.39 is 11.8 Å². The van der Waals surface area contributed by atoms with Gasteiger partial charge in [-0.05, 0) is 46.3 Å². The summed E-state index contributed by atoms with van der Waals surface area (Å²) in [6.45, 7) is -0.377. The normalized spacial score (nSPS) is 13.0. The number of hydrogen-bond donors (Lipinski definition) is 2. The van der Waals surface area contributed by atoms with Crippen molar-refractivity contribution in [3.05, 3.63) is 43.5 Å². The molecule has 0 saturated carbocycles. The third kappa shape index (κ3) is 4.20. The van der Waals surface area contributed by atoms with Gasteiger partial charge in [0.15, 0.2) is 6.61 Å². The van der Waals surface area contributed by atoms with E-state index >= 15 is 0 Å². The van der Waals surface area contributed by atoms with Crippen LogP contribution in [0.4, 0.5) is 5.69 Å². The van der Waals surface area contributed by atoms with E-state index in [4.69, 9.17) is 4.74 Å². The molecule has 0 bridgehead atoms. The molecule has 130 valence electrons. The molecule has 2 heterocycles. The molecule has 0 unspecified atom stereocenters. The van der Waals surface area contributed by atoms with Gasteiger partial charge in [0.05, 0.1) is 14.4 Å². The largest absolute Gasteiger partial charge is 0.482 e. The first-order chi connectivity index (χ1) is 11.9. The summed E-state index contributed by atoms with van der Waals surface area (Å²) in [5.41, 5.74) is 5.14. The summed E-state index contributed by atoms with van der Waals surface area (Å²) in [4.78, 5) is 37.8. The van der Waals surface area contributed by atoms with E-state index in [0.29, 0.717) is 16.3 Å². The SMILES string of the molecule is O=C(CN1C(=O)COc2cc(Br)ccc21)NNC(=O)c1ccc(Br)s1. The third-order valence-electron chi connectivity index (χ3n) is 3.28. The average Bonchev–Trinajstić information content (AvgIpc) is 3.02. The van der Waals surface area contributed by atoms with Crippen molar-refractivity contribution in [3.8, 4) is 5.75 Å². The molecule has 0 spiro atoms. The Balaban J connectivity index is 1.63. The number of amides is 3. The van der Waals surface area contributed by atoms with Crippen LogP contribution >= 0.6 is 43.2 Å². The first-order valence-corrected chi connectivity index (χ1v) is 9.41. The van der Waals surface area contributed by atoms with Gasteiger partial charge in [0, 0.05) is 4.47 Å². The van der Waals surface area contributed by atoms with Crippen molar-refractivity contribution in [1.29, 1.82) is 0 Å². The number of nitrogens with one attached hydrogen (secondary N) is 2. The summed E-state index contributed by atoms with van der Waals surface area (Å²) < 4.78 is 6.98. The monoisotopic (exact) mass is 487 g/mol. The predicted molar refractivity (Wildman–Crippen MR) is 99.6 cm³/mol. The van der Waals surface area contributed by atoms with Gasteiger partial charge in [-0.3, -0.25) is 30.1 Å². The zero-order valence-electron chi connectivity index (χ0n) is 12.5. The molecule has 0 aliphatic carbocycles. The van der Waals surface area contributed by atoms with E-state index in [-0.39, 0.29) is 19.1 Å². The molecule has 1 aliphatic heterocycles. The predicted octanol–water partition coefficient (Wildman–Crippen LogP) is 2.46. The number of anilines is 1. The van der Waals surface area contributed by atoms with Crippen molar-refractivity contribution in [2.45, 2.75) is 0 Å². The molecule has 7 nitrogen and oxygen atoms in total. The topological polar surface area (TPSA) is 87.7 Å². The Hall–Kier alpha value is -1.91. The Morgan fingerprint density at radius 2 is 2.00 bits per heavy atom.